The highest BCUT2D eigenvalue weighted by Crippen LogP contribution is 2.29. The molecule has 0 bridgehead atoms. The first-order chi connectivity index (χ1) is 12.8. The number of rotatable bonds is 7. The summed E-state index contributed by atoms with van der Waals surface area (Å²) in [4.78, 5) is 6.25. The molecule has 6 nitrogen and oxygen atoms in total. The predicted octanol–water partition coefficient (Wildman–Crippen LogP) is 3.61. The number of guanidine groups is 1. The quantitative estimate of drug-likeness (QED) is 0.523. The Morgan fingerprint density at radius 2 is 2.07 bits per heavy atom. The maximum Gasteiger partial charge on any atom is 0.387 e. The smallest absolute Gasteiger partial charge is 0.387 e. The van der Waals surface area contributed by atoms with E-state index in [0.29, 0.717) is 19.0 Å². The zero-order chi connectivity index (χ0) is 20.0. The second kappa shape index (κ2) is 9.59. The van der Waals surface area contributed by atoms with Crippen molar-refractivity contribution in [1.82, 2.24) is 14.8 Å². The number of benzene rings is 1. The van der Waals surface area contributed by atoms with Crippen LogP contribution in [0.2, 0.25) is 0 Å². The highest BCUT2D eigenvalue weighted by Gasteiger charge is 2.13. The molecule has 2 aromatic rings. The van der Waals surface area contributed by atoms with Gasteiger partial charge < -0.3 is 24.3 Å². The number of nitrogens with zero attached hydrogens (tertiary/aromatic N) is 3. The molecule has 0 spiro atoms. The van der Waals surface area contributed by atoms with E-state index in [-0.39, 0.29) is 11.5 Å². The summed E-state index contributed by atoms with van der Waals surface area (Å²) >= 11 is 3.46. The van der Waals surface area contributed by atoms with Gasteiger partial charge in [-0.05, 0) is 39.7 Å². The Kier molecular flexibility index (Phi) is 7.46. The van der Waals surface area contributed by atoms with Gasteiger partial charge in [0.05, 0.1) is 13.7 Å². The van der Waals surface area contributed by atoms with Gasteiger partial charge in [-0.2, -0.15) is 8.78 Å². The minimum atomic E-state index is -2.91. The molecule has 0 aliphatic carbocycles. The lowest BCUT2D eigenvalue weighted by Crippen LogP contribution is -2.38. The molecule has 1 heterocycles. The Labute approximate surface area is 165 Å². The van der Waals surface area contributed by atoms with Crippen molar-refractivity contribution in [1.29, 1.82) is 0 Å². The van der Waals surface area contributed by atoms with E-state index in [1.54, 1.807) is 19.2 Å². The summed E-state index contributed by atoms with van der Waals surface area (Å²) in [5, 5.41) is 3.22. The van der Waals surface area contributed by atoms with Crippen molar-refractivity contribution in [3.63, 3.8) is 0 Å². The van der Waals surface area contributed by atoms with Gasteiger partial charge in [0.1, 0.15) is 0 Å². The van der Waals surface area contributed by atoms with E-state index in [1.807, 2.05) is 35.8 Å². The second-order valence-corrected chi connectivity index (χ2v) is 6.80. The van der Waals surface area contributed by atoms with Crippen LogP contribution in [0.25, 0.3) is 0 Å². The number of halogens is 3. The zero-order valence-electron chi connectivity index (χ0n) is 15.7. The van der Waals surface area contributed by atoms with Crippen molar-refractivity contribution < 1.29 is 18.3 Å². The summed E-state index contributed by atoms with van der Waals surface area (Å²) in [7, 11) is 7.01. The number of aromatic nitrogens is 1. The molecule has 0 atom stereocenters. The minimum absolute atomic E-state index is 0.00352. The number of nitrogens with one attached hydrogen (secondary N) is 1. The third-order valence-corrected chi connectivity index (χ3v) is 4.38. The average molecular weight is 445 g/mol. The second-order valence-electron chi connectivity index (χ2n) is 5.88. The monoisotopic (exact) mass is 444 g/mol. The number of hydrogen-bond acceptors (Lipinski definition) is 3. The lowest BCUT2D eigenvalue weighted by atomic mass is 10.2. The van der Waals surface area contributed by atoms with Crippen molar-refractivity contribution in [2.24, 2.45) is 12.0 Å². The van der Waals surface area contributed by atoms with Crippen LogP contribution < -0.4 is 14.8 Å². The molecule has 0 fully saturated rings. The molecule has 0 saturated heterocycles. The van der Waals surface area contributed by atoms with E-state index < -0.39 is 6.61 Å². The highest BCUT2D eigenvalue weighted by molar-refractivity contribution is 9.10. The molecule has 0 amide bonds. The van der Waals surface area contributed by atoms with Crippen molar-refractivity contribution >= 4 is 21.9 Å². The Balaban J connectivity index is 2.03. The van der Waals surface area contributed by atoms with E-state index in [1.165, 1.54) is 13.2 Å². The molecule has 1 N–H and O–H groups in total. The fourth-order valence-electron chi connectivity index (χ4n) is 2.63. The van der Waals surface area contributed by atoms with Crippen LogP contribution in [-0.2, 0) is 20.1 Å². The number of methoxy groups -OCH3 is 1. The molecule has 1 aromatic heterocycles. The first kappa shape index (κ1) is 21.0. The van der Waals surface area contributed by atoms with Crippen molar-refractivity contribution in [3.05, 3.63) is 46.2 Å². The molecular weight excluding hydrogens is 422 g/mol. The lowest BCUT2D eigenvalue weighted by molar-refractivity contribution is -0.0512. The third-order valence-electron chi connectivity index (χ3n) is 3.94. The topological polar surface area (TPSA) is 51.0 Å². The first-order valence-corrected chi connectivity index (χ1v) is 8.97. The number of alkyl halides is 2. The van der Waals surface area contributed by atoms with Gasteiger partial charge in [0, 0.05) is 44.1 Å². The SMILES string of the molecule is CN=C(NCc1ccc(OC)c(OC(F)F)c1)N(C)Cc1cc(Br)cn1C. The summed E-state index contributed by atoms with van der Waals surface area (Å²) in [6, 6.07) is 6.95. The minimum Gasteiger partial charge on any atom is -0.493 e. The maximum atomic E-state index is 12.6. The standard InChI is InChI=1S/C18H23BrF2N4O2/c1-22-18(25(3)11-14-8-13(19)10-24(14)2)23-9-12-5-6-15(26-4)16(7-12)27-17(20)21/h5-8,10,17H,9,11H2,1-4H3,(H,22,23). The van der Waals surface area contributed by atoms with Gasteiger partial charge >= 0.3 is 6.61 Å². The normalized spacial score (nSPS) is 11.6. The number of hydrogen-bond donors (Lipinski definition) is 1. The van der Waals surface area contributed by atoms with E-state index >= 15 is 0 Å². The fraction of sp³-hybridized carbons (Fsp3) is 0.389. The van der Waals surface area contributed by atoms with E-state index in [2.05, 4.69) is 31.0 Å². The van der Waals surface area contributed by atoms with E-state index in [4.69, 9.17) is 4.74 Å². The van der Waals surface area contributed by atoms with E-state index in [9.17, 15) is 8.78 Å². The van der Waals surface area contributed by atoms with Gasteiger partial charge in [-0.25, -0.2) is 0 Å². The molecule has 0 unspecified atom stereocenters. The van der Waals surface area contributed by atoms with Crippen molar-refractivity contribution in [2.45, 2.75) is 19.7 Å². The average Bonchev–Trinajstić information content (AvgIpc) is 2.92. The number of aliphatic imine (C=N–C) groups is 1. The van der Waals surface area contributed by atoms with Crippen LogP contribution in [0.1, 0.15) is 11.3 Å². The molecule has 9 heteroatoms. The van der Waals surface area contributed by atoms with Gasteiger partial charge in [0.15, 0.2) is 17.5 Å². The first-order valence-electron chi connectivity index (χ1n) is 8.18. The summed E-state index contributed by atoms with van der Waals surface area (Å²) in [5.41, 5.74) is 1.88. The molecule has 148 valence electrons. The molecule has 0 aliphatic heterocycles. The van der Waals surface area contributed by atoms with Gasteiger partial charge in [0.25, 0.3) is 0 Å². The molecule has 1 aromatic carbocycles. The van der Waals surface area contributed by atoms with E-state index in [0.717, 1.165) is 15.7 Å². The summed E-state index contributed by atoms with van der Waals surface area (Å²) in [6.07, 6.45) is 1.99. The van der Waals surface area contributed by atoms with Crippen LogP contribution in [0.15, 0.2) is 39.9 Å². The predicted molar refractivity (Wildman–Crippen MR) is 104 cm³/mol. The van der Waals surface area contributed by atoms with Crippen LogP contribution >= 0.6 is 15.9 Å². The largest absolute Gasteiger partial charge is 0.493 e. The Morgan fingerprint density at radius 1 is 1.33 bits per heavy atom. The molecule has 0 aliphatic rings. The maximum absolute atomic E-state index is 12.6. The van der Waals surface area contributed by atoms with Crippen LogP contribution in [0.5, 0.6) is 11.5 Å². The van der Waals surface area contributed by atoms with Gasteiger partial charge in [0.2, 0.25) is 0 Å². The third kappa shape index (κ3) is 5.85. The van der Waals surface area contributed by atoms with Gasteiger partial charge in [-0.3, -0.25) is 4.99 Å². The summed E-state index contributed by atoms with van der Waals surface area (Å²) in [5.74, 6) is 0.943. The van der Waals surface area contributed by atoms with Crippen molar-refractivity contribution in [2.75, 3.05) is 21.2 Å². The Bertz CT molecular complexity index is 796. The Hall–Kier alpha value is -2.29. The number of ether oxygens (including phenoxy) is 2. The van der Waals surface area contributed by atoms with Crippen LogP contribution in [0.3, 0.4) is 0 Å². The van der Waals surface area contributed by atoms with Gasteiger partial charge in [-0.15, -0.1) is 0 Å². The lowest BCUT2D eigenvalue weighted by Gasteiger charge is -2.22. The molecular formula is C18H23BrF2N4O2. The van der Waals surface area contributed by atoms with Crippen LogP contribution in [0, 0.1) is 0 Å². The molecule has 27 heavy (non-hydrogen) atoms. The Morgan fingerprint density at radius 3 is 2.63 bits per heavy atom. The number of aryl methyl sites for hydroxylation is 1. The van der Waals surface area contributed by atoms with Crippen molar-refractivity contribution in [3.8, 4) is 11.5 Å². The fourth-order valence-corrected chi connectivity index (χ4v) is 3.20. The highest BCUT2D eigenvalue weighted by atomic mass is 79.9. The van der Waals surface area contributed by atoms with Crippen LogP contribution in [-0.4, -0.2) is 43.2 Å². The molecule has 0 radical (unpaired) electrons. The summed E-state index contributed by atoms with van der Waals surface area (Å²) < 4.78 is 37.7. The van der Waals surface area contributed by atoms with Gasteiger partial charge in [-0.1, -0.05) is 6.07 Å². The summed E-state index contributed by atoms with van der Waals surface area (Å²) in [6.45, 7) is -1.85. The van der Waals surface area contributed by atoms with Crippen LogP contribution in [0.4, 0.5) is 8.78 Å². The molecule has 0 saturated carbocycles. The zero-order valence-corrected chi connectivity index (χ0v) is 17.3. The molecule has 2 rings (SSSR count).